The van der Waals surface area contributed by atoms with Crippen molar-refractivity contribution in [3.63, 3.8) is 0 Å². The molecule has 0 aliphatic carbocycles. The first-order valence-corrected chi connectivity index (χ1v) is 10.2. The van der Waals surface area contributed by atoms with Crippen LogP contribution >= 0.6 is 23.8 Å². The molecule has 0 saturated carbocycles. The average Bonchev–Trinajstić information content (AvgIpc) is 2.62. The fraction of sp³-hybridized carbons (Fsp3) is 0.250. The van der Waals surface area contributed by atoms with Crippen molar-refractivity contribution in [2.24, 2.45) is 5.41 Å². The molecule has 3 nitrogen and oxygen atoms in total. The minimum atomic E-state index is 0.0537. The van der Waals surface area contributed by atoms with Gasteiger partial charge in [0.1, 0.15) is 0 Å². The lowest BCUT2D eigenvalue weighted by Crippen LogP contribution is -2.14. The van der Waals surface area contributed by atoms with E-state index in [9.17, 15) is 0 Å². The average molecular weight is 426 g/mol. The molecule has 29 heavy (non-hydrogen) atoms. The number of hydrogen-bond acceptors (Lipinski definition) is 3. The maximum Gasteiger partial charge on any atom is 0.0857 e. The van der Waals surface area contributed by atoms with Crippen LogP contribution in [0.1, 0.15) is 39.7 Å². The van der Waals surface area contributed by atoms with E-state index in [1.165, 1.54) is 5.57 Å². The molecule has 2 rings (SSSR count). The molecule has 0 aliphatic rings. The molecular weight excluding hydrogens is 398 g/mol. The van der Waals surface area contributed by atoms with Gasteiger partial charge in [0.2, 0.25) is 0 Å². The zero-order valence-corrected chi connectivity index (χ0v) is 19.0. The maximum absolute atomic E-state index is 8.17. The van der Waals surface area contributed by atoms with Gasteiger partial charge in [-0.15, -0.1) is 0 Å². The predicted octanol–water partition coefficient (Wildman–Crippen LogP) is 7.56. The molecule has 0 atom stereocenters. The van der Waals surface area contributed by atoms with Gasteiger partial charge in [-0.05, 0) is 48.7 Å². The van der Waals surface area contributed by atoms with Crippen LogP contribution in [0, 0.1) is 10.8 Å². The van der Waals surface area contributed by atoms with Gasteiger partial charge in [-0.1, -0.05) is 74.9 Å². The van der Waals surface area contributed by atoms with E-state index >= 15 is 0 Å². The number of thiocarbonyl (C=S) groups is 1. The van der Waals surface area contributed by atoms with Crippen molar-refractivity contribution in [2.45, 2.75) is 34.1 Å². The molecule has 0 aromatic heterocycles. The second-order valence-corrected chi connectivity index (χ2v) is 8.89. The molecule has 0 amide bonds. The van der Waals surface area contributed by atoms with E-state index in [1.54, 1.807) is 0 Å². The molecule has 0 radical (unpaired) electrons. The lowest BCUT2D eigenvalue weighted by Gasteiger charge is -2.19. The van der Waals surface area contributed by atoms with Gasteiger partial charge in [0, 0.05) is 39.8 Å². The monoisotopic (exact) mass is 425 g/mol. The Morgan fingerprint density at radius 1 is 1.07 bits per heavy atom. The number of halogens is 1. The molecule has 152 valence electrons. The van der Waals surface area contributed by atoms with Crippen molar-refractivity contribution >= 4 is 51.6 Å². The highest BCUT2D eigenvalue weighted by molar-refractivity contribution is 7.80. The molecular formula is C24H28ClN3S. The zero-order valence-electron chi connectivity index (χ0n) is 17.4. The third-order valence-electron chi connectivity index (χ3n) is 4.59. The normalized spacial score (nSPS) is 11.7. The number of benzene rings is 2. The lowest BCUT2D eigenvalue weighted by molar-refractivity contribution is 0.504. The largest absolute Gasteiger partial charge is 0.355 e. The third-order valence-corrected chi connectivity index (χ3v) is 5.16. The summed E-state index contributed by atoms with van der Waals surface area (Å²) in [7, 11) is 0. The summed E-state index contributed by atoms with van der Waals surface area (Å²) in [6, 6.07) is 15.4. The number of rotatable bonds is 7. The van der Waals surface area contributed by atoms with E-state index in [4.69, 9.17) is 29.2 Å². The number of hydrogen-bond donors (Lipinski definition) is 3. The minimum absolute atomic E-state index is 0.0537. The van der Waals surface area contributed by atoms with Gasteiger partial charge in [-0.3, -0.25) is 0 Å². The summed E-state index contributed by atoms with van der Waals surface area (Å²) in [5, 5.41) is 15.3. The number of nitrogens with one attached hydrogen (secondary N) is 3. The van der Waals surface area contributed by atoms with Crippen molar-refractivity contribution < 1.29 is 0 Å². The van der Waals surface area contributed by atoms with Gasteiger partial charge in [-0.25, -0.2) is 0 Å². The van der Waals surface area contributed by atoms with Crippen molar-refractivity contribution in [1.82, 2.24) is 0 Å². The Balaban J connectivity index is 1.93. The maximum atomic E-state index is 8.17. The summed E-state index contributed by atoms with van der Waals surface area (Å²) in [4.78, 5) is 0.620. The molecule has 0 saturated heterocycles. The van der Waals surface area contributed by atoms with Crippen LogP contribution in [-0.2, 0) is 0 Å². The van der Waals surface area contributed by atoms with Crippen LogP contribution < -0.4 is 10.6 Å². The van der Waals surface area contributed by atoms with E-state index in [2.05, 4.69) is 38.0 Å². The van der Waals surface area contributed by atoms with Crippen molar-refractivity contribution in [3.05, 3.63) is 77.3 Å². The topological polar surface area (TPSA) is 47.9 Å². The van der Waals surface area contributed by atoms with Crippen molar-refractivity contribution in [3.8, 4) is 0 Å². The Morgan fingerprint density at radius 3 is 2.17 bits per heavy atom. The van der Waals surface area contributed by atoms with E-state index in [1.807, 2.05) is 61.5 Å². The number of anilines is 2. The van der Waals surface area contributed by atoms with E-state index in [-0.39, 0.29) is 5.41 Å². The van der Waals surface area contributed by atoms with E-state index < -0.39 is 0 Å². The van der Waals surface area contributed by atoms with Gasteiger partial charge < -0.3 is 16.0 Å². The Morgan fingerprint density at radius 2 is 1.62 bits per heavy atom. The van der Waals surface area contributed by atoms with Crippen LogP contribution in [-0.4, -0.2) is 10.7 Å². The number of allylic oxidation sites excluding steroid dienone is 2. The molecule has 2 aromatic carbocycles. The molecule has 0 heterocycles. The Kier molecular flexibility index (Phi) is 7.77. The molecule has 0 fully saturated rings. The first kappa shape index (κ1) is 22.9. The third kappa shape index (κ3) is 7.15. The smallest absolute Gasteiger partial charge is 0.0857 e. The summed E-state index contributed by atoms with van der Waals surface area (Å²) in [6.07, 6.45) is 2.31. The molecule has 0 bridgehead atoms. The van der Waals surface area contributed by atoms with Crippen LogP contribution in [0.2, 0.25) is 5.02 Å². The van der Waals surface area contributed by atoms with Crippen LogP contribution in [0.3, 0.4) is 0 Å². The molecule has 3 N–H and O–H groups in total. The fourth-order valence-corrected chi connectivity index (χ4v) is 3.01. The fourth-order valence-electron chi connectivity index (χ4n) is 2.49. The Labute approximate surface area is 184 Å². The first-order chi connectivity index (χ1) is 13.6. The molecule has 0 spiro atoms. The van der Waals surface area contributed by atoms with Crippen LogP contribution in [0.25, 0.3) is 5.70 Å². The summed E-state index contributed by atoms with van der Waals surface area (Å²) >= 11 is 11.6. The summed E-state index contributed by atoms with van der Waals surface area (Å²) in [5.41, 5.74) is 5.12. The van der Waals surface area contributed by atoms with Crippen LogP contribution in [0.15, 0.2) is 66.8 Å². The molecule has 5 heteroatoms. The highest BCUT2D eigenvalue weighted by atomic mass is 35.5. The van der Waals surface area contributed by atoms with Crippen LogP contribution in [0.5, 0.6) is 0 Å². The van der Waals surface area contributed by atoms with Gasteiger partial charge in [0.15, 0.2) is 0 Å². The molecule has 0 unspecified atom stereocenters. The molecule has 0 aliphatic heterocycles. The summed E-state index contributed by atoms with van der Waals surface area (Å²) in [5.74, 6) is 0. The first-order valence-electron chi connectivity index (χ1n) is 9.43. The summed E-state index contributed by atoms with van der Waals surface area (Å²) < 4.78 is 0. The Bertz CT molecular complexity index is 937. The van der Waals surface area contributed by atoms with Gasteiger partial charge >= 0.3 is 0 Å². The second-order valence-electron chi connectivity index (χ2n) is 7.99. The SMILES string of the molecule is C=C(Nc1ccc(NC(=S)CC(=N)/C=C(\C)C(C)(C)C)cc1)c1ccccc1Cl. The highest BCUT2D eigenvalue weighted by Gasteiger charge is 2.13. The predicted molar refractivity (Wildman–Crippen MR) is 132 cm³/mol. The van der Waals surface area contributed by atoms with E-state index in [0.717, 1.165) is 22.6 Å². The lowest BCUT2D eigenvalue weighted by atomic mass is 9.87. The molecule has 2 aromatic rings. The van der Waals surface area contributed by atoms with E-state index in [0.29, 0.717) is 22.1 Å². The zero-order chi connectivity index (χ0) is 21.6. The van der Waals surface area contributed by atoms with Crippen molar-refractivity contribution in [2.75, 3.05) is 10.6 Å². The standard InChI is InChI=1S/C24H28ClN3S/c1-16(24(3,4)5)14-18(26)15-23(29)28-20-12-10-19(11-13-20)27-17(2)21-8-6-7-9-22(21)25/h6-14,26-27H,2,15H2,1,3-5H3,(H,28,29)/b16-14+,26-18?. The van der Waals surface area contributed by atoms with Gasteiger partial charge in [0.25, 0.3) is 0 Å². The Hall–Kier alpha value is -2.43. The van der Waals surface area contributed by atoms with Crippen molar-refractivity contribution in [1.29, 1.82) is 5.41 Å². The summed E-state index contributed by atoms with van der Waals surface area (Å²) in [6.45, 7) is 12.5. The quantitative estimate of drug-likeness (QED) is 0.316. The van der Waals surface area contributed by atoms with Crippen LogP contribution in [0.4, 0.5) is 11.4 Å². The van der Waals surface area contributed by atoms with Gasteiger partial charge in [0.05, 0.1) is 4.99 Å². The second kappa shape index (κ2) is 9.86. The minimum Gasteiger partial charge on any atom is -0.355 e. The van der Waals surface area contributed by atoms with Gasteiger partial charge in [-0.2, -0.15) is 0 Å². The highest BCUT2D eigenvalue weighted by Crippen LogP contribution is 2.25.